The number of nitrogens with one attached hydrogen (secondary N) is 1. The zero-order valence-corrected chi connectivity index (χ0v) is 10.9. The number of hydrogen-bond donors (Lipinski definition) is 1. The summed E-state index contributed by atoms with van der Waals surface area (Å²) in [5, 5.41) is 3.25. The molecule has 0 saturated carbocycles. The van der Waals surface area contributed by atoms with Gasteiger partial charge in [0.15, 0.2) is 0 Å². The molecule has 0 aliphatic heterocycles. The second-order valence-corrected chi connectivity index (χ2v) is 4.28. The van der Waals surface area contributed by atoms with Gasteiger partial charge in [-0.2, -0.15) is 0 Å². The number of anilines is 1. The van der Waals surface area contributed by atoms with Crippen LogP contribution in [0.3, 0.4) is 0 Å². The van der Waals surface area contributed by atoms with Gasteiger partial charge in [0.2, 0.25) is 5.95 Å². The summed E-state index contributed by atoms with van der Waals surface area (Å²) in [5.41, 5.74) is 2.55. The molecule has 0 bridgehead atoms. The van der Waals surface area contributed by atoms with Crippen LogP contribution in [-0.4, -0.2) is 29.8 Å². The van der Waals surface area contributed by atoms with E-state index in [1.54, 1.807) is 7.11 Å². The second-order valence-electron chi connectivity index (χ2n) is 4.28. The Morgan fingerprint density at radius 1 is 1.28 bits per heavy atom. The first-order chi connectivity index (χ1) is 8.79. The molecule has 0 aliphatic carbocycles. The van der Waals surface area contributed by atoms with Crippen LogP contribution in [0.1, 0.15) is 11.1 Å². The maximum Gasteiger partial charge on any atom is 0.203 e. The molecule has 0 unspecified atom stereocenters. The van der Waals surface area contributed by atoms with Gasteiger partial charge in [-0.15, -0.1) is 0 Å². The van der Waals surface area contributed by atoms with Crippen molar-refractivity contribution < 1.29 is 4.74 Å². The lowest BCUT2D eigenvalue weighted by Crippen LogP contribution is -2.12. The third-order valence-electron chi connectivity index (χ3n) is 2.78. The van der Waals surface area contributed by atoms with Crippen LogP contribution in [0.4, 0.5) is 5.95 Å². The predicted octanol–water partition coefficient (Wildman–Crippen LogP) is 2.30. The predicted molar refractivity (Wildman–Crippen MR) is 72.9 cm³/mol. The van der Waals surface area contributed by atoms with Gasteiger partial charge >= 0.3 is 0 Å². The zero-order valence-electron chi connectivity index (χ0n) is 10.9. The third kappa shape index (κ3) is 3.34. The van der Waals surface area contributed by atoms with Crippen molar-refractivity contribution in [2.45, 2.75) is 13.5 Å². The molecule has 0 aliphatic rings. The average molecular weight is 245 g/mol. The summed E-state index contributed by atoms with van der Waals surface area (Å²) in [7, 11) is 1.69. The summed E-state index contributed by atoms with van der Waals surface area (Å²) >= 11 is 0. The number of methoxy groups -OCH3 is 1. The highest BCUT2D eigenvalue weighted by Gasteiger charge is 2.02. The van der Waals surface area contributed by atoms with E-state index in [1.807, 2.05) is 12.4 Å². The number of benzene rings is 1. The molecular formula is C14H19N3O. The van der Waals surface area contributed by atoms with E-state index < -0.39 is 0 Å². The quantitative estimate of drug-likeness (QED) is 0.794. The minimum Gasteiger partial charge on any atom is -0.383 e. The molecule has 2 rings (SSSR count). The van der Waals surface area contributed by atoms with Crippen LogP contribution in [0.15, 0.2) is 36.7 Å². The standard InChI is InChI=1S/C14H19N3O/c1-12-3-5-13(6-4-12)11-17-9-7-15-14(17)16-8-10-18-2/h3-7,9H,8,10-11H2,1-2H3,(H,15,16). The van der Waals surface area contributed by atoms with Gasteiger partial charge in [0.25, 0.3) is 0 Å². The maximum atomic E-state index is 5.01. The van der Waals surface area contributed by atoms with E-state index in [4.69, 9.17) is 4.74 Å². The Morgan fingerprint density at radius 2 is 2.06 bits per heavy atom. The molecular weight excluding hydrogens is 226 g/mol. The van der Waals surface area contributed by atoms with Crippen molar-refractivity contribution in [3.8, 4) is 0 Å². The Balaban J connectivity index is 2.00. The molecule has 18 heavy (non-hydrogen) atoms. The normalized spacial score (nSPS) is 10.6. The van der Waals surface area contributed by atoms with Crippen LogP contribution < -0.4 is 5.32 Å². The van der Waals surface area contributed by atoms with Crippen molar-refractivity contribution in [3.05, 3.63) is 47.8 Å². The lowest BCUT2D eigenvalue weighted by atomic mass is 10.1. The summed E-state index contributed by atoms with van der Waals surface area (Å²) in [5.74, 6) is 0.882. The highest BCUT2D eigenvalue weighted by atomic mass is 16.5. The molecule has 1 N–H and O–H groups in total. The largest absolute Gasteiger partial charge is 0.383 e. The van der Waals surface area contributed by atoms with E-state index in [1.165, 1.54) is 11.1 Å². The van der Waals surface area contributed by atoms with Gasteiger partial charge in [0.1, 0.15) is 0 Å². The van der Waals surface area contributed by atoms with Crippen LogP contribution in [-0.2, 0) is 11.3 Å². The molecule has 4 nitrogen and oxygen atoms in total. The fourth-order valence-electron chi connectivity index (χ4n) is 1.76. The van der Waals surface area contributed by atoms with E-state index in [0.29, 0.717) is 6.61 Å². The van der Waals surface area contributed by atoms with E-state index in [9.17, 15) is 0 Å². The highest BCUT2D eigenvalue weighted by molar-refractivity contribution is 5.28. The lowest BCUT2D eigenvalue weighted by molar-refractivity contribution is 0.210. The van der Waals surface area contributed by atoms with E-state index >= 15 is 0 Å². The molecule has 0 fully saturated rings. The fourth-order valence-corrected chi connectivity index (χ4v) is 1.76. The third-order valence-corrected chi connectivity index (χ3v) is 2.78. The minimum atomic E-state index is 0.678. The average Bonchev–Trinajstić information content (AvgIpc) is 2.80. The van der Waals surface area contributed by atoms with Crippen LogP contribution in [0.2, 0.25) is 0 Å². The zero-order chi connectivity index (χ0) is 12.8. The SMILES string of the molecule is COCCNc1nccn1Cc1ccc(C)cc1. The van der Waals surface area contributed by atoms with Crippen molar-refractivity contribution in [2.24, 2.45) is 0 Å². The molecule has 96 valence electrons. The number of ether oxygens (including phenoxy) is 1. The van der Waals surface area contributed by atoms with Gasteiger partial charge < -0.3 is 14.6 Å². The first kappa shape index (κ1) is 12.6. The van der Waals surface area contributed by atoms with E-state index in [0.717, 1.165) is 19.0 Å². The van der Waals surface area contributed by atoms with Gasteiger partial charge in [-0.3, -0.25) is 0 Å². The molecule has 0 saturated heterocycles. The summed E-state index contributed by atoms with van der Waals surface area (Å²) in [4.78, 5) is 4.30. The molecule has 0 spiro atoms. The first-order valence-electron chi connectivity index (χ1n) is 6.09. The van der Waals surface area contributed by atoms with Crippen LogP contribution in [0.5, 0.6) is 0 Å². The fraction of sp³-hybridized carbons (Fsp3) is 0.357. The molecule has 0 radical (unpaired) electrons. The highest BCUT2D eigenvalue weighted by Crippen LogP contribution is 2.10. The molecule has 2 aromatic rings. The molecule has 1 aromatic carbocycles. The Hall–Kier alpha value is -1.81. The molecule has 0 atom stereocenters. The summed E-state index contributed by atoms with van der Waals surface area (Å²) < 4.78 is 7.11. The number of imidazole rings is 1. The number of hydrogen-bond acceptors (Lipinski definition) is 3. The number of rotatable bonds is 6. The molecule has 4 heteroatoms. The Bertz CT molecular complexity index is 476. The topological polar surface area (TPSA) is 39.1 Å². The molecule has 1 aromatic heterocycles. The maximum absolute atomic E-state index is 5.01. The van der Waals surface area contributed by atoms with Gasteiger partial charge in [0, 0.05) is 26.0 Å². The summed E-state index contributed by atoms with van der Waals surface area (Å²) in [6.07, 6.45) is 3.79. The van der Waals surface area contributed by atoms with Crippen molar-refractivity contribution in [1.29, 1.82) is 0 Å². The Morgan fingerprint density at radius 3 is 2.78 bits per heavy atom. The van der Waals surface area contributed by atoms with Crippen LogP contribution in [0.25, 0.3) is 0 Å². The van der Waals surface area contributed by atoms with E-state index in [2.05, 4.69) is 46.1 Å². The Labute approximate surface area is 108 Å². The van der Waals surface area contributed by atoms with Gasteiger partial charge in [0.05, 0.1) is 13.2 Å². The van der Waals surface area contributed by atoms with Gasteiger partial charge in [-0.25, -0.2) is 4.98 Å². The monoisotopic (exact) mass is 245 g/mol. The van der Waals surface area contributed by atoms with Crippen LogP contribution >= 0.6 is 0 Å². The van der Waals surface area contributed by atoms with Crippen molar-refractivity contribution in [2.75, 3.05) is 25.6 Å². The minimum absolute atomic E-state index is 0.678. The van der Waals surface area contributed by atoms with Gasteiger partial charge in [-0.1, -0.05) is 29.8 Å². The van der Waals surface area contributed by atoms with Gasteiger partial charge in [-0.05, 0) is 12.5 Å². The van der Waals surface area contributed by atoms with Crippen molar-refractivity contribution >= 4 is 5.95 Å². The second kappa shape index (κ2) is 6.21. The van der Waals surface area contributed by atoms with Crippen LogP contribution in [0, 0.1) is 6.92 Å². The molecule has 1 heterocycles. The summed E-state index contributed by atoms with van der Waals surface area (Å²) in [6, 6.07) is 8.55. The number of nitrogens with zero attached hydrogens (tertiary/aromatic N) is 2. The Kier molecular flexibility index (Phi) is 4.36. The smallest absolute Gasteiger partial charge is 0.203 e. The first-order valence-corrected chi connectivity index (χ1v) is 6.09. The lowest BCUT2D eigenvalue weighted by Gasteiger charge is -2.09. The van der Waals surface area contributed by atoms with E-state index in [-0.39, 0.29) is 0 Å². The van der Waals surface area contributed by atoms with Crippen molar-refractivity contribution in [3.63, 3.8) is 0 Å². The molecule has 0 amide bonds. The number of aryl methyl sites for hydroxylation is 1. The number of aromatic nitrogens is 2. The van der Waals surface area contributed by atoms with Crippen molar-refractivity contribution in [1.82, 2.24) is 9.55 Å². The summed E-state index contributed by atoms with van der Waals surface area (Å²) in [6.45, 7) is 4.37.